The molecule has 0 atom stereocenters. The van der Waals surface area contributed by atoms with Crippen molar-refractivity contribution in [3.63, 3.8) is 0 Å². The molecule has 0 amide bonds. The van der Waals surface area contributed by atoms with E-state index >= 15 is 0 Å². The number of nitrogen functional groups attached to an aromatic ring is 1. The maximum absolute atomic E-state index is 5.81. The lowest BCUT2D eigenvalue weighted by Gasteiger charge is -2.29. The Kier molecular flexibility index (Phi) is 2.23. The first-order valence-corrected chi connectivity index (χ1v) is 4.90. The van der Waals surface area contributed by atoms with Crippen LogP contribution in [-0.2, 0) is 6.42 Å². The van der Waals surface area contributed by atoms with Gasteiger partial charge in [0.2, 0.25) is 0 Å². The Morgan fingerprint density at radius 1 is 1.43 bits per heavy atom. The number of benzene rings is 1. The Morgan fingerprint density at radius 3 is 2.93 bits per heavy atom. The van der Waals surface area contributed by atoms with Crippen LogP contribution < -0.4 is 15.4 Å². The topological polar surface area (TPSA) is 38.5 Å². The highest BCUT2D eigenvalue weighted by Crippen LogP contribution is 2.37. The molecule has 0 fully saturated rings. The van der Waals surface area contributed by atoms with E-state index in [1.54, 1.807) is 7.11 Å². The lowest BCUT2D eigenvalue weighted by molar-refractivity contribution is 0.413. The van der Waals surface area contributed by atoms with Crippen LogP contribution in [0.4, 0.5) is 11.4 Å². The molecule has 0 unspecified atom stereocenters. The molecule has 0 aromatic heterocycles. The highest BCUT2D eigenvalue weighted by molar-refractivity contribution is 5.69. The number of ether oxygens (including phenoxy) is 1. The second-order valence-corrected chi connectivity index (χ2v) is 3.76. The first-order valence-electron chi connectivity index (χ1n) is 4.90. The van der Waals surface area contributed by atoms with Crippen LogP contribution in [0.1, 0.15) is 12.0 Å². The van der Waals surface area contributed by atoms with Crippen LogP contribution in [0.25, 0.3) is 0 Å². The van der Waals surface area contributed by atoms with Crippen molar-refractivity contribution in [2.75, 3.05) is 31.3 Å². The highest BCUT2D eigenvalue weighted by atomic mass is 16.5. The average molecular weight is 192 g/mol. The largest absolute Gasteiger partial charge is 0.494 e. The summed E-state index contributed by atoms with van der Waals surface area (Å²) < 4.78 is 5.34. The van der Waals surface area contributed by atoms with Gasteiger partial charge in [-0.25, -0.2) is 0 Å². The number of fused-ring (bicyclic) bond motifs is 1. The number of hydrogen-bond acceptors (Lipinski definition) is 3. The molecule has 1 heterocycles. The lowest BCUT2D eigenvalue weighted by atomic mass is 10.0. The third kappa shape index (κ3) is 1.39. The summed E-state index contributed by atoms with van der Waals surface area (Å²) in [6.45, 7) is 1.09. The van der Waals surface area contributed by atoms with E-state index in [1.807, 2.05) is 12.1 Å². The molecular weight excluding hydrogens is 176 g/mol. The number of nitrogens with two attached hydrogens (primary N) is 1. The molecule has 3 heteroatoms. The zero-order valence-corrected chi connectivity index (χ0v) is 8.71. The van der Waals surface area contributed by atoms with Crippen LogP contribution in [0.3, 0.4) is 0 Å². The summed E-state index contributed by atoms with van der Waals surface area (Å²) >= 11 is 0. The molecular formula is C11H16N2O. The van der Waals surface area contributed by atoms with Crippen molar-refractivity contribution in [3.8, 4) is 5.75 Å². The molecule has 76 valence electrons. The minimum Gasteiger partial charge on any atom is -0.494 e. The number of aryl methyl sites for hydroxylation is 1. The molecule has 3 nitrogen and oxygen atoms in total. The molecule has 0 aliphatic carbocycles. The maximum atomic E-state index is 5.81. The summed E-state index contributed by atoms with van der Waals surface area (Å²) in [5.41, 5.74) is 9.10. The Balaban J connectivity index is 2.55. The molecule has 14 heavy (non-hydrogen) atoms. The fourth-order valence-corrected chi connectivity index (χ4v) is 2.09. The van der Waals surface area contributed by atoms with Crippen molar-refractivity contribution in [2.45, 2.75) is 12.8 Å². The Morgan fingerprint density at radius 2 is 2.21 bits per heavy atom. The molecule has 1 aromatic carbocycles. The Labute approximate surface area is 84.5 Å². The van der Waals surface area contributed by atoms with Crippen LogP contribution in [0.15, 0.2) is 12.1 Å². The molecule has 2 N–H and O–H groups in total. The van der Waals surface area contributed by atoms with Gasteiger partial charge in [-0.2, -0.15) is 0 Å². The van der Waals surface area contributed by atoms with E-state index in [2.05, 4.69) is 11.9 Å². The van der Waals surface area contributed by atoms with E-state index in [1.165, 1.54) is 17.7 Å². The summed E-state index contributed by atoms with van der Waals surface area (Å²) in [4.78, 5) is 2.23. The van der Waals surface area contributed by atoms with Crippen molar-refractivity contribution < 1.29 is 4.74 Å². The van der Waals surface area contributed by atoms with Crippen molar-refractivity contribution in [1.29, 1.82) is 0 Å². The molecule has 1 aromatic rings. The number of methoxy groups -OCH3 is 1. The number of hydrogen-bond donors (Lipinski definition) is 1. The van der Waals surface area contributed by atoms with Gasteiger partial charge in [-0.1, -0.05) is 0 Å². The maximum Gasteiger partial charge on any atom is 0.144 e. The van der Waals surface area contributed by atoms with Gasteiger partial charge >= 0.3 is 0 Å². The van der Waals surface area contributed by atoms with Crippen molar-refractivity contribution in [3.05, 3.63) is 17.7 Å². The summed E-state index contributed by atoms with van der Waals surface area (Å²) in [7, 11) is 3.79. The number of rotatable bonds is 1. The van der Waals surface area contributed by atoms with Gasteiger partial charge in [0.15, 0.2) is 0 Å². The van der Waals surface area contributed by atoms with Crippen LogP contribution in [-0.4, -0.2) is 20.7 Å². The predicted molar refractivity (Wildman–Crippen MR) is 59.0 cm³/mol. The molecule has 0 spiro atoms. The smallest absolute Gasteiger partial charge is 0.144 e. The first kappa shape index (κ1) is 9.19. The van der Waals surface area contributed by atoms with Gasteiger partial charge in [0, 0.05) is 25.3 Å². The third-order valence-electron chi connectivity index (χ3n) is 2.72. The van der Waals surface area contributed by atoms with Gasteiger partial charge < -0.3 is 15.4 Å². The highest BCUT2D eigenvalue weighted by Gasteiger charge is 2.18. The summed E-state index contributed by atoms with van der Waals surface area (Å²) in [6, 6.07) is 3.94. The van der Waals surface area contributed by atoms with E-state index < -0.39 is 0 Å². The van der Waals surface area contributed by atoms with E-state index in [-0.39, 0.29) is 0 Å². The summed E-state index contributed by atoms with van der Waals surface area (Å²) in [5.74, 6) is 0.891. The Hall–Kier alpha value is -1.38. The lowest BCUT2D eigenvalue weighted by Crippen LogP contribution is -2.25. The van der Waals surface area contributed by atoms with Gasteiger partial charge in [-0.15, -0.1) is 0 Å². The second-order valence-electron chi connectivity index (χ2n) is 3.76. The molecule has 0 saturated carbocycles. The number of anilines is 2. The third-order valence-corrected chi connectivity index (χ3v) is 2.72. The first-order chi connectivity index (χ1) is 6.72. The van der Waals surface area contributed by atoms with E-state index in [0.29, 0.717) is 0 Å². The second kappa shape index (κ2) is 3.40. The molecule has 1 aliphatic heterocycles. The minimum atomic E-state index is 0.788. The summed E-state index contributed by atoms with van der Waals surface area (Å²) in [6.07, 6.45) is 2.29. The van der Waals surface area contributed by atoms with E-state index in [0.717, 1.165) is 24.4 Å². The molecule has 0 bridgehead atoms. The van der Waals surface area contributed by atoms with E-state index in [4.69, 9.17) is 10.5 Å². The SMILES string of the molecule is COc1cc(N)cc2c1N(C)CCC2. The van der Waals surface area contributed by atoms with E-state index in [9.17, 15) is 0 Å². The average Bonchev–Trinajstić information content (AvgIpc) is 2.16. The molecule has 2 rings (SSSR count). The zero-order chi connectivity index (χ0) is 10.1. The fraction of sp³-hybridized carbons (Fsp3) is 0.455. The standard InChI is InChI=1S/C11H16N2O/c1-13-5-3-4-8-6-9(12)7-10(14-2)11(8)13/h6-7H,3-5,12H2,1-2H3. The molecule has 1 aliphatic rings. The molecule has 0 radical (unpaired) electrons. The van der Waals surface area contributed by atoms with Gasteiger partial charge in [0.1, 0.15) is 5.75 Å². The van der Waals surface area contributed by atoms with Crippen LogP contribution in [0.5, 0.6) is 5.75 Å². The van der Waals surface area contributed by atoms with Gasteiger partial charge in [-0.05, 0) is 24.5 Å². The minimum absolute atomic E-state index is 0.788. The van der Waals surface area contributed by atoms with Crippen LogP contribution >= 0.6 is 0 Å². The van der Waals surface area contributed by atoms with Crippen molar-refractivity contribution in [1.82, 2.24) is 0 Å². The monoisotopic (exact) mass is 192 g/mol. The Bertz CT molecular complexity index is 332. The zero-order valence-electron chi connectivity index (χ0n) is 8.71. The van der Waals surface area contributed by atoms with Gasteiger partial charge in [0.25, 0.3) is 0 Å². The predicted octanol–water partition coefficient (Wildman–Crippen LogP) is 1.66. The van der Waals surface area contributed by atoms with Crippen LogP contribution in [0.2, 0.25) is 0 Å². The summed E-state index contributed by atoms with van der Waals surface area (Å²) in [5, 5.41) is 0. The van der Waals surface area contributed by atoms with Crippen molar-refractivity contribution in [2.24, 2.45) is 0 Å². The normalized spacial score (nSPS) is 15.1. The van der Waals surface area contributed by atoms with Gasteiger partial charge in [0.05, 0.1) is 12.8 Å². The fourth-order valence-electron chi connectivity index (χ4n) is 2.09. The van der Waals surface area contributed by atoms with Crippen molar-refractivity contribution >= 4 is 11.4 Å². The quantitative estimate of drug-likeness (QED) is 0.688. The van der Waals surface area contributed by atoms with Gasteiger partial charge in [-0.3, -0.25) is 0 Å². The van der Waals surface area contributed by atoms with Crippen LogP contribution in [0, 0.1) is 0 Å². The molecule has 0 saturated heterocycles. The number of nitrogens with zero attached hydrogens (tertiary/aromatic N) is 1.